The molecule has 0 radical (unpaired) electrons. The number of hydrogen-bond donors (Lipinski definition) is 4. The number of nitrogens with one attached hydrogen (secondary N) is 1. The predicted octanol–water partition coefficient (Wildman–Crippen LogP) is -1.94. The number of rotatable bonds is 1. The van der Waals surface area contributed by atoms with Gasteiger partial charge in [-0.2, -0.15) is 0 Å². The maximum Gasteiger partial charge on any atom is 0.0970 e. The van der Waals surface area contributed by atoms with E-state index >= 15 is 0 Å². The number of hydrogen-bond acceptors (Lipinski definition) is 4. The smallest absolute Gasteiger partial charge is 0.0970 e. The first kappa shape index (κ1) is 7.49. The molecule has 0 amide bonds. The highest BCUT2D eigenvalue weighted by Gasteiger charge is 2.51. The molecule has 4 N–H and O–H groups in total. The summed E-state index contributed by atoms with van der Waals surface area (Å²) < 4.78 is 0. The Hall–Kier alpha value is -0.160. The molecule has 2 fully saturated rings. The Bertz CT molecular complexity index is 164. The van der Waals surface area contributed by atoms with Crippen LogP contribution in [-0.4, -0.2) is 46.2 Å². The molecule has 1 aliphatic heterocycles. The fourth-order valence-electron chi connectivity index (χ4n) is 1.88. The van der Waals surface area contributed by atoms with Crippen LogP contribution in [0.5, 0.6) is 0 Å². The topological polar surface area (TPSA) is 82.6 Å². The van der Waals surface area contributed by atoms with Crippen molar-refractivity contribution in [2.24, 2.45) is 5.92 Å². The minimum atomic E-state index is -0.753. The van der Waals surface area contributed by atoms with Crippen molar-refractivity contribution < 1.29 is 15.3 Å². The lowest BCUT2D eigenvalue weighted by Gasteiger charge is -2.28. The Morgan fingerprint density at radius 1 is 1.27 bits per heavy atom. The van der Waals surface area contributed by atoms with Gasteiger partial charge in [-0.3, -0.25) is 0 Å². The van der Waals surface area contributed by atoms with Crippen LogP contribution in [0.2, 0.25) is 0 Å². The summed E-state index contributed by atoms with van der Waals surface area (Å²) in [5.41, 5.74) is 0. The summed E-state index contributed by atoms with van der Waals surface area (Å²) in [5, 5.41) is 30.6. The lowest BCUT2D eigenvalue weighted by molar-refractivity contribution is -0.0473. The molecule has 4 heteroatoms. The molecule has 0 aromatic heterocycles. The first-order chi connectivity index (χ1) is 5.24. The third-order valence-electron chi connectivity index (χ3n) is 2.72. The molecule has 1 aliphatic carbocycles. The van der Waals surface area contributed by atoms with Crippen molar-refractivity contribution in [2.45, 2.75) is 30.7 Å². The van der Waals surface area contributed by atoms with E-state index in [1.807, 2.05) is 0 Å². The Morgan fingerprint density at radius 2 is 2.00 bits per heavy atom. The third kappa shape index (κ3) is 1.06. The van der Waals surface area contributed by atoms with E-state index in [9.17, 15) is 10.2 Å². The van der Waals surface area contributed by atoms with Gasteiger partial charge in [-0.15, -0.1) is 0 Å². The van der Waals surface area contributed by atoms with Crippen LogP contribution in [0.1, 0.15) is 6.42 Å². The van der Waals surface area contributed by atoms with Gasteiger partial charge in [0.25, 0.3) is 0 Å². The first-order valence-corrected chi connectivity index (χ1v) is 3.97. The van der Waals surface area contributed by atoms with Gasteiger partial charge in [0.2, 0.25) is 0 Å². The Labute approximate surface area is 64.8 Å². The third-order valence-corrected chi connectivity index (χ3v) is 2.72. The summed E-state index contributed by atoms with van der Waals surface area (Å²) in [4.78, 5) is 0. The summed E-state index contributed by atoms with van der Waals surface area (Å²) >= 11 is 0. The molecule has 1 saturated carbocycles. The second kappa shape index (κ2) is 2.42. The molecule has 0 aromatic rings. The number of aliphatic hydroxyl groups is 3. The fraction of sp³-hybridized carbons (Fsp3) is 1.00. The van der Waals surface area contributed by atoms with Crippen LogP contribution in [0.4, 0.5) is 0 Å². The van der Waals surface area contributed by atoms with Crippen LogP contribution in [-0.2, 0) is 0 Å². The van der Waals surface area contributed by atoms with Crippen molar-refractivity contribution in [2.75, 3.05) is 6.61 Å². The molecule has 1 heterocycles. The molecule has 2 aliphatic rings. The van der Waals surface area contributed by atoms with Gasteiger partial charge in [0.1, 0.15) is 0 Å². The zero-order valence-electron chi connectivity index (χ0n) is 6.14. The molecule has 0 spiro atoms. The summed E-state index contributed by atoms with van der Waals surface area (Å²) in [6.07, 6.45) is -0.665. The lowest BCUT2D eigenvalue weighted by Crippen LogP contribution is -2.44. The maximum absolute atomic E-state index is 9.38. The molecular formula is C7H13NO3. The van der Waals surface area contributed by atoms with E-state index in [0.717, 1.165) is 6.42 Å². The van der Waals surface area contributed by atoms with Crippen molar-refractivity contribution in [3.8, 4) is 0 Å². The SMILES string of the molecule is OCC1CC2NC2C(O)C1O. The molecule has 5 unspecified atom stereocenters. The Balaban J connectivity index is 2.03. The van der Waals surface area contributed by atoms with Gasteiger partial charge in [-0.05, 0) is 6.42 Å². The normalized spacial score (nSPS) is 55.4. The van der Waals surface area contributed by atoms with Gasteiger partial charge in [0.15, 0.2) is 0 Å². The van der Waals surface area contributed by atoms with Gasteiger partial charge in [0.05, 0.1) is 18.2 Å². The van der Waals surface area contributed by atoms with E-state index in [1.165, 1.54) is 0 Å². The molecule has 64 valence electrons. The molecule has 5 atom stereocenters. The van der Waals surface area contributed by atoms with Crippen LogP contribution in [0.15, 0.2) is 0 Å². The molecule has 11 heavy (non-hydrogen) atoms. The summed E-state index contributed by atoms with van der Waals surface area (Å²) in [5.74, 6) is -0.152. The van der Waals surface area contributed by atoms with Crippen LogP contribution in [0, 0.1) is 5.92 Å². The summed E-state index contributed by atoms with van der Waals surface area (Å²) in [7, 11) is 0. The van der Waals surface area contributed by atoms with Crippen molar-refractivity contribution >= 4 is 0 Å². The monoisotopic (exact) mass is 159 g/mol. The zero-order chi connectivity index (χ0) is 8.01. The highest BCUT2D eigenvalue weighted by molar-refractivity contribution is 5.10. The van der Waals surface area contributed by atoms with Crippen molar-refractivity contribution in [1.29, 1.82) is 0 Å². The van der Waals surface area contributed by atoms with Crippen molar-refractivity contribution in [3.63, 3.8) is 0 Å². The Kier molecular flexibility index (Phi) is 1.64. The maximum atomic E-state index is 9.38. The van der Waals surface area contributed by atoms with Crippen LogP contribution in [0.3, 0.4) is 0 Å². The molecule has 0 bridgehead atoms. The van der Waals surface area contributed by atoms with Gasteiger partial charge < -0.3 is 20.6 Å². The largest absolute Gasteiger partial charge is 0.396 e. The highest BCUT2D eigenvalue weighted by Crippen LogP contribution is 2.33. The van der Waals surface area contributed by atoms with Crippen molar-refractivity contribution in [3.05, 3.63) is 0 Å². The van der Waals surface area contributed by atoms with Gasteiger partial charge in [-0.1, -0.05) is 0 Å². The average Bonchev–Trinajstić information content (AvgIpc) is 2.75. The minimum absolute atomic E-state index is 0.0386. The lowest BCUT2D eigenvalue weighted by atomic mass is 9.85. The molecular weight excluding hydrogens is 146 g/mol. The second-order valence-electron chi connectivity index (χ2n) is 3.46. The highest BCUT2D eigenvalue weighted by atomic mass is 16.3. The van der Waals surface area contributed by atoms with E-state index in [1.54, 1.807) is 0 Å². The van der Waals surface area contributed by atoms with E-state index in [4.69, 9.17) is 5.11 Å². The van der Waals surface area contributed by atoms with Gasteiger partial charge in [-0.25, -0.2) is 0 Å². The summed E-state index contributed by atoms with van der Waals surface area (Å²) in [6.45, 7) is -0.0386. The molecule has 0 aromatic carbocycles. The zero-order valence-corrected chi connectivity index (χ0v) is 6.14. The fourth-order valence-corrected chi connectivity index (χ4v) is 1.88. The van der Waals surface area contributed by atoms with E-state index in [-0.39, 0.29) is 18.6 Å². The summed E-state index contributed by atoms with van der Waals surface area (Å²) in [6, 6.07) is 0.401. The average molecular weight is 159 g/mol. The minimum Gasteiger partial charge on any atom is -0.396 e. The van der Waals surface area contributed by atoms with E-state index < -0.39 is 12.2 Å². The predicted molar refractivity (Wildman–Crippen MR) is 37.9 cm³/mol. The molecule has 4 nitrogen and oxygen atoms in total. The van der Waals surface area contributed by atoms with Crippen LogP contribution < -0.4 is 5.32 Å². The van der Waals surface area contributed by atoms with E-state index in [2.05, 4.69) is 5.32 Å². The van der Waals surface area contributed by atoms with Crippen LogP contribution in [0.25, 0.3) is 0 Å². The van der Waals surface area contributed by atoms with Crippen LogP contribution >= 0.6 is 0 Å². The van der Waals surface area contributed by atoms with Gasteiger partial charge >= 0.3 is 0 Å². The number of fused-ring (bicyclic) bond motifs is 1. The second-order valence-corrected chi connectivity index (χ2v) is 3.46. The Morgan fingerprint density at radius 3 is 2.64 bits per heavy atom. The van der Waals surface area contributed by atoms with Crippen molar-refractivity contribution in [1.82, 2.24) is 5.32 Å². The number of aliphatic hydroxyl groups excluding tert-OH is 3. The quantitative estimate of drug-likeness (QED) is 0.335. The van der Waals surface area contributed by atoms with E-state index in [0.29, 0.717) is 6.04 Å². The standard InChI is InChI=1S/C7H13NO3/c9-2-3-1-4-5(8-4)7(11)6(3)10/h3-11H,1-2H2. The van der Waals surface area contributed by atoms with Gasteiger partial charge in [0, 0.05) is 18.6 Å². The first-order valence-electron chi connectivity index (χ1n) is 3.97. The molecule has 2 rings (SSSR count). The molecule has 1 saturated heterocycles.